The molecule has 5 aromatic rings. The maximum atomic E-state index is 12.1. The van der Waals surface area contributed by atoms with Crippen molar-refractivity contribution in [2.75, 3.05) is 14.2 Å². The predicted molar refractivity (Wildman–Crippen MR) is 188 cm³/mol. The molecule has 1 fully saturated rings. The predicted octanol–water partition coefficient (Wildman–Crippen LogP) is 11.9. The van der Waals surface area contributed by atoms with Crippen LogP contribution in [0.25, 0.3) is 0 Å². The van der Waals surface area contributed by atoms with Gasteiger partial charge in [-0.15, -0.1) is 0 Å². The van der Waals surface area contributed by atoms with Crippen LogP contribution in [0, 0.1) is 39.4 Å². The van der Waals surface area contributed by atoms with Crippen molar-refractivity contribution in [1.82, 2.24) is 0 Å². The Kier molecular flexibility index (Phi) is 20.2. The van der Waals surface area contributed by atoms with Crippen molar-refractivity contribution >= 4 is 11.6 Å². The number of aryl methyl sites for hydroxylation is 4. The third-order valence-electron chi connectivity index (χ3n) is 6.19. The maximum Gasteiger partial charge on any atom is 0.123 e. The summed E-state index contributed by atoms with van der Waals surface area (Å²) >= 11 is 5.71. The van der Waals surface area contributed by atoms with Gasteiger partial charge in [0.1, 0.15) is 17.3 Å². The summed E-state index contributed by atoms with van der Waals surface area (Å²) in [6.07, 6.45) is 2.97. The smallest absolute Gasteiger partial charge is 0.123 e. The molecule has 0 radical (unpaired) electrons. The average molecular weight is 615 g/mol. The summed E-state index contributed by atoms with van der Waals surface area (Å²) < 4.78 is 22.0. The molecule has 0 saturated heterocycles. The zero-order valence-corrected chi connectivity index (χ0v) is 28.0. The minimum Gasteiger partial charge on any atom is -0.497 e. The van der Waals surface area contributed by atoms with Crippen molar-refractivity contribution in [3.05, 3.63) is 167 Å². The second-order valence-electron chi connectivity index (χ2n) is 10.4. The van der Waals surface area contributed by atoms with Crippen molar-refractivity contribution in [2.45, 2.75) is 47.5 Å². The van der Waals surface area contributed by atoms with Gasteiger partial charge >= 0.3 is 0 Å². The second kappa shape index (κ2) is 23.4. The Bertz CT molecular complexity index is 1340. The highest BCUT2D eigenvalue weighted by atomic mass is 35.5. The Labute approximate surface area is 270 Å². The molecule has 0 unspecified atom stereocenters. The van der Waals surface area contributed by atoms with E-state index in [4.69, 9.17) is 21.1 Å². The van der Waals surface area contributed by atoms with Crippen LogP contribution in [0.5, 0.6) is 11.5 Å². The van der Waals surface area contributed by atoms with E-state index >= 15 is 0 Å². The largest absolute Gasteiger partial charge is 0.497 e. The first-order valence-corrected chi connectivity index (χ1v) is 15.2. The summed E-state index contributed by atoms with van der Waals surface area (Å²) in [6.45, 7) is 10.3. The molecule has 0 amide bonds. The monoisotopic (exact) mass is 614 g/mol. The Balaban J connectivity index is 0.000000267. The highest BCUT2D eigenvalue weighted by Gasteiger charge is 2.12. The van der Waals surface area contributed by atoms with Gasteiger partial charge in [0.15, 0.2) is 0 Å². The number of benzene rings is 5. The van der Waals surface area contributed by atoms with Crippen LogP contribution in [0.4, 0.5) is 4.39 Å². The molecule has 0 aromatic heterocycles. The van der Waals surface area contributed by atoms with Gasteiger partial charge in [-0.1, -0.05) is 140 Å². The van der Waals surface area contributed by atoms with E-state index < -0.39 is 0 Å². The summed E-state index contributed by atoms with van der Waals surface area (Å²) in [6, 6.07) is 42.1. The van der Waals surface area contributed by atoms with Crippen LogP contribution < -0.4 is 9.47 Å². The van der Waals surface area contributed by atoms with E-state index in [1.165, 1.54) is 36.1 Å². The number of hydrogen-bond acceptors (Lipinski definition) is 2. The van der Waals surface area contributed by atoms with E-state index in [-0.39, 0.29) is 5.82 Å². The van der Waals surface area contributed by atoms with Gasteiger partial charge in [-0.3, -0.25) is 0 Å². The van der Waals surface area contributed by atoms with Crippen LogP contribution in [0.1, 0.15) is 42.0 Å². The van der Waals surface area contributed by atoms with Gasteiger partial charge in [0.2, 0.25) is 0 Å². The lowest BCUT2D eigenvalue weighted by Gasteiger charge is -2.00. The first-order valence-electron chi connectivity index (χ1n) is 14.8. The van der Waals surface area contributed by atoms with Gasteiger partial charge in [-0.25, -0.2) is 4.39 Å². The zero-order chi connectivity index (χ0) is 32.6. The van der Waals surface area contributed by atoms with Crippen molar-refractivity contribution in [2.24, 2.45) is 5.92 Å². The molecule has 0 spiro atoms. The number of hydrogen-bond donors (Lipinski definition) is 0. The van der Waals surface area contributed by atoms with E-state index in [0.717, 1.165) is 33.6 Å². The lowest BCUT2D eigenvalue weighted by atomic mass is 10.2. The Morgan fingerprint density at radius 2 is 0.977 bits per heavy atom. The number of halogens is 2. The summed E-state index contributed by atoms with van der Waals surface area (Å²) in [4.78, 5) is 0. The van der Waals surface area contributed by atoms with Crippen molar-refractivity contribution in [3.63, 3.8) is 0 Å². The third-order valence-corrected chi connectivity index (χ3v) is 6.61. The van der Waals surface area contributed by atoms with Crippen molar-refractivity contribution in [3.8, 4) is 11.5 Å². The Morgan fingerprint density at radius 1 is 0.545 bits per heavy atom. The molecule has 6 rings (SSSR count). The first kappa shape index (κ1) is 37.9. The van der Waals surface area contributed by atoms with Crippen molar-refractivity contribution < 1.29 is 13.9 Å². The van der Waals surface area contributed by atoms with Gasteiger partial charge in [-0.05, 0) is 81.1 Å². The van der Waals surface area contributed by atoms with E-state index in [1.54, 1.807) is 26.4 Å². The van der Waals surface area contributed by atoms with Gasteiger partial charge in [-0.2, -0.15) is 0 Å². The topological polar surface area (TPSA) is 18.5 Å². The Hall–Kier alpha value is -4.08. The fourth-order valence-electron chi connectivity index (χ4n) is 3.13. The minimum absolute atomic E-state index is 0.171. The molecule has 1 aliphatic rings. The molecule has 1 saturated carbocycles. The van der Waals surface area contributed by atoms with Gasteiger partial charge < -0.3 is 9.47 Å². The van der Waals surface area contributed by atoms with Crippen LogP contribution in [0.15, 0.2) is 133 Å². The summed E-state index contributed by atoms with van der Waals surface area (Å²) in [5.74, 6) is 2.78. The normalized spacial score (nSPS) is 10.6. The number of para-hydroxylation sites is 2. The maximum absolute atomic E-state index is 12.1. The summed E-state index contributed by atoms with van der Waals surface area (Å²) in [7, 11) is 3.34. The fourth-order valence-corrected chi connectivity index (χ4v) is 3.26. The molecular weight excluding hydrogens is 567 g/mol. The second-order valence-corrected chi connectivity index (χ2v) is 10.8. The summed E-state index contributed by atoms with van der Waals surface area (Å²) in [5, 5.41) is 0.840. The van der Waals surface area contributed by atoms with Gasteiger partial charge in [0.05, 0.1) is 14.2 Å². The molecule has 0 N–H and O–H groups in total. The van der Waals surface area contributed by atoms with Crippen molar-refractivity contribution in [1.29, 1.82) is 0 Å². The number of ether oxygens (including phenoxy) is 2. The highest BCUT2D eigenvalue weighted by Crippen LogP contribution is 2.26. The molecule has 5 aromatic carbocycles. The lowest BCUT2D eigenvalue weighted by molar-refractivity contribution is 0.411. The van der Waals surface area contributed by atoms with Gasteiger partial charge in [0, 0.05) is 5.02 Å². The molecule has 0 aliphatic heterocycles. The third kappa shape index (κ3) is 19.9. The van der Waals surface area contributed by atoms with Gasteiger partial charge in [0.25, 0.3) is 0 Å². The fraction of sp³-hybridized carbons (Fsp3) is 0.250. The number of methoxy groups -OCH3 is 2. The molecule has 0 atom stereocenters. The van der Waals surface area contributed by atoms with Crippen LogP contribution in [0.3, 0.4) is 0 Å². The molecule has 44 heavy (non-hydrogen) atoms. The van der Waals surface area contributed by atoms with Crippen LogP contribution in [-0.4, -0.2) is 14.2 Å². The van der Waals surface area contributed by atoms with E-state index in [0.29, 0.717) is 0 Å². The molecule has 0 heterocycles. The van der Waals surface area contributed by atoms with Crippen LogP contribution >= 0.6 is 11.6 Å². The first-order chi connectivity index (χ1) is 21.2. The summed E-state index contributed by atoms with van der Waals surface area (Å²) in [5.41, 5.74) is 4.73. The minimum atomic E-state index is -0.171. The standard InChI is InChI=1S/C8H10O.C7H7Cl.C7H7F.C7H8O.C7H8.C4H8/c1-7-5-3-4-6-8(7)9-2;1-6-4-2-3-5-7(6)8;1-6-2-4-7(8)5-3-6;1-8-7-5-3-2-4-6-7;1-7-5-3-2-4-6-7;1-4-2-3-4/h3-6H,1-2H3;2*2-5H,1H3;2-6H,1H3;2-6H,1H3;4H,2-3H2,1H3. The van der Waals surface area contributed by atoms with E-state index in [2.05, 4.69) is 26.0 Å². The molecule has 1 aliphatic carbocycles. The van der Waals surface area contributed by atoms with E-state index in [1.807, 2.05) is 118 Å². The molecule has 2 nitrogen and oxygen atoms in total. The van der Waals surface area contributed by atoms with Crippen LogP contribution in [0.2, 0.25) is 5.02 Å². The van der Waals surface area contributed by atoms with Crippen LogP contribution in [-0.2, 0) is 0 Å². The molecule has 0 bridgehead atoms. The molecule has 4 heteroatoms. The Morgan fingerprint density at radius 3 is 1.27 bits per heavy atom. The zero-order valence-electron chi connectivity index (χ0n) is 27.3. The highest BCUT2D eigenvalue weighted by molar-refractivity contribution is 6.31. The lowest BCUT2D eigenvalue weighted by Crippen LogP contribution is -1.84. The average Bonchev–Trinajstić information content (AvgIpc) is 3.84. The quantitative estimate of drug-likeness (QED) is 0.197. The molecule has 234 valence electrons. The van der Waals surface area contributed by atoms with E-state index in [9.17, 15) is 4.39 Å². The SMILES string of the molecule is CC1CC1.COc1ccccc1.COc1ccccc1C.Cc1ccc(F)cc1.Cc1ccccc1.Cc1ccccc1Cl. The number of rotatable bonds is 2. The molecular formula is C40H48ClFO2.